The number of hydrogen-bond acceptors (Lipinski definition) is 3. The second-order valence-corrected chi connectivity index (χ2v) is 6.21. The van der Waals surface area contributed by atoms with Gasteiger partial charge in [-0.15, -0.1) is 0 Å². The molecule has 0 spiro atoms. The molecule has 0 amide bonds. The average molecular weight is 275 g/mol. The first kappa shape index (κ1) is 15.5. The van der Waals surface area contributed by atoms with Crippen molar-refractivity contribution in [1.29, 1.82) is 0 Å². The second-order valence-electron chi connectivity index (χ2n) is 6.21. The van der Waals surface area contributed by atoms with Gasteiger partial charge in [0.2, 0.25) is 0 Å². The van der Waals surface area contributed by atoms with E-state index in [1.165, 1.54) is 36.9 Å². The van der Waals surface area contributed by atoms with E-state index in [0.29, 0.717) is 12.1 Å². The summed E-state index contributed by atoms with van der Waals surface area (Å²) < 4.78 is 0. The van der Waals surface area contributed by atoms with Crippen LogP contribution in [-0.2, 0) is 6.42 Å². The van der Waals surface area contributed by atoms with Crippen LogP contribution in [0.4, 0.5) is 0 Å². The molecule has 2 atom stereocenters. The van der Waals surface area contributed by atoms with Crippen LogP contribution < -0.4 is 5.32 Å². The Balaban J connectivity index is 2.02. The van der Waals surface area contributed by atoms with Gasteiger partial charge in [-0.1, -0.05) is 24.3 Å². The van der Waals surface area contributed by atoms with E-state index in [1.807, 2.05) is 0 Å². The molecule has 1 N–H and O–H groups in total. The summed E-state index contributed by atoms with van der Waals surface area (Å²) in [6.45, 7) is 2.33. The van der Waals surface area contributed by atoms with Gasteiger partial charge in [-0.25, -0.2) is 0 Å². The van der Waals surface area contributed by atoms with Crippen LogP contribution in [0.2, 0.25) is 0 Å². The summed E-state index contributed by atoms with van der Waals surface area (Å²) in [4.78, 5) is 4.81. The summed E-state index contributed by atoms with van der Waals surface area (Å²) in [6.07, 6.45) is 3.69. The lowest BCUT2D eigenvalue weighted by Crippen LogP contribution is -2.45. The summed E-state index contributed by atoms with van der Waals surface area (Å²) in [7, 11) is 8.66. The zero-order valence-electron chi connectivity index (χ0n) is 13.4. The number of aryl methyl sites for hydroxylation is 1. The Bertz CT molecular complexity index is 416. The lowest BCUT2D eigenvalue weighted by molar-refractivity contribution is 0.170. The monoisotopic (exact) mass is 275 g/mol. The van der Waals surface area contributed by atoms with Crippen LogP contribution in [0.15, 0.2) is 24.3 Å². The first-order valence-corrected chi connectivity index (χ1v) is 7.73. The van der Waals surface area contributed by atoms with E-state index in [1.54, 1.807) is 0 Å². The predicted molar refractivity (Wildman–Crippen MR) is 86.2 cm³/mol. The van der Waals surface area contributed by atoms with Crippen molar-refractivity contribution >= 4 is 0 Å². The molecular weight excluding hydrogens is 246 g/mol. The van der Waals surface area contributed by atoms with Gasteiger partial charge >= 0.3 is 0 Å². The van der Waals surface area contributed by atoms with Gasteiger partial charge in [-0.2, -0.15) is 0 Å². The molecule has 0 radical (unpaired) electrons. The summed E-state index contributed by atoms with van der Waals surface area (Å²) in [5.41, 5.74) is 3.01. The van der Waals surface area contributed by atoms with E-state index in [0.717, 1.165) is 6.54 Å². The summed E-state index contributed by atoms with van der Waals surface area (Å²) in [5, 5.41) is 3.54. The van der Waals surface area contributed by atoms with Gasteiger partial charge < -0.3 is 15.1 Å². The van der Waals surface area contributed by atoms with Gasteiger partial charge in [0.05, 0.1) is 0 Å². The molecule has 1 aromatic carbocycles. The van der Waals surface area contributed by atoms with Gasteiger partial charge in [0, 0.05) is 12.1 Å². The average Bonchev–Trinajstić information content (AvgIpc) is 2.45. The Hall–Kier alpha value is -0.900. The molecule has 0 saturated heterocycles. The fourth-order valence-corrected chi connectivity index (χ4v) is 3.37. The predicted octanol–water partition coefficient (Wildman–Crippen LogP) is 2.15. The van der Waals surface area contributed by atoms with Gasteiger partial charge in [0.25, 0.3) is 0 Å². The van der Waals surface area contributed by atoms with E-state index < -0.39 is 0 Å². The third-order valence-electron chi connectivity index (χ3n) is 4.48. The Morgan fingerprint density at radius 1 is 1.15 bits per heavy atom. The lowest BCUT2D eigenvalue weighted by atomic mass is 9.83. The van der Waals surface area contributed by atoms with Gasteiger partial charge in [0.1, 0.15) is 0 Å². The molecule has 0 aromatic heterocycles. The molecule has 0 heterocycles. The maximum Gasteiger partial charge on any atom is 0.0478 e. The summed E-state index contributed by atoms with van der Waals surface area (Å²) in [6, 6.07) is 9.96. The van der Waals surface area contributed by atoms with Crippen molar-refractivity contribution in [3.8, 4) is 0 Å². The van der Waals surface area contributed by atoms with Crippen LogP contribution in [0, 0.1) is 0 Å². The van der Waals surface area contributed by atoms with Crippen molar-refractivity contribution in [3.63, 3.8) is 0 Å². The normalized spacial score (nSPS) is 22.3. The lowest BCUT2D eigenvalue weighted by Gasteiger charge is -2.39. The molecule has 0 aliphatic heterocycles. The maximum atomic E-state index is 3.54. The third kappa shape index (κ3) is 3.60. The van der Waals surface area contributed by atoms with E-state index in [-0.39, 0.29) is 0 Å². The fraction of sp³-hybridized carbons (Fsp3) is 0.647. The first-order valence-electron chi connectivity index (χ1n) is 7.73. The number of benzene rings is 1. The molecule has 2 unspecified atom stereocenters. The van der Waals surface area contributed by atoms with Crippen LogP contribution in [0.5, 0.6) is 0 Å². The molecule has 1 aliphatic carbocycles. The molecular formula is C17H29N3. The van der Waals surface area contributed by atoms with Crippen molar-refractivity contribution in [2.75, 3.05) is 41.3 Å². The van der Waals surface area contributed by atoms with Crippen molar-refractivity contribution < 1.29 is 0 Å². The maximum absolute atomic E-state index is 3.54. The van der Waals surface area contributed by atoms with Gasteiger partial charge in [0.15, 0.2) is 0 Å². The highest BCUT2D eigenvalue weighted by Gasteiger charge is 2.30. The first-order chi connectivity index (χ1) is 9.63. The molecule has 0 saturated carbocycles. The van der Waals surface area contributed by atoms with E-state index in [2.05, 4.69) is 67.6 Å². The van der Waals surface area contributed by atoms with E-state index >= 15 is 0 Å². The highest BCUT2D eigenvalue weighted by Crippen LogP contribution is 2.32. The molecule has 0 bridgehead atoms. The molecule has 20 heavy (non-hydrogen) atoms. The smallest absolute Gasteiger partial charge is 0.0478 e. The minimum atomic E-state index is 0.462. The summed E-state index contributed by atoms with van der Waals surface area (Å²) in [5.74, 6) is 0. The molecule has 3 nitrogen and oxygen atoms in total. The van der Waals surface area contributed by atoms with E-state index in [4.69, 9.17) is 0 Å². The second kappa shape index (κ2) is 7.21. The summed E-state index contributed by atoms with van der Waals surface area (Å²) >= 11 is 0. The van der Waals surface area contributed by atoms with Gasteiger partial charge in [-0.3, -0.25) is 0 Å². The van der Waals surface area contributed by atoms with Crippen LogP contribution in [0.3, 0.4) is 0 Å². The van der Waals surface area contributed by atoms with Crippen molar-refractivity contribution in [2.24, 2.45) is 0 Å². The van der Waals surface area contributed by atoms with Gasteiger partial charge in [-0.05, 0) is 71.7 Å². The number of rotatable bonds is 6. The Morgan fingerprint density at radius 2 is 1.90 bits per heavy atom. The number of nitrogens with one attached hydrogen (secondary N) is 1. The number of fused-ring (bicyclic) bond motifs is 1. The quantitative estimate of drug-likeness (QED) is 0.858. The minimum Gasteiger partial charge on any atom is -0.312 e. The van der Waals surface area contributed by atoms with Crippen molar-refractivity contribution in [3.05, 3.63) is 35.4 Å². The SMILES string of the molecule is CNC1c2ccccc2CCC1N(C)CCCN(C)C. The fourth-order valence-electron chi connectivity index (χ4n) is 3.37. The standard InChI is InChI=1S/C17H29N3/c1-18-17-15-9-6-5-8-14(15)10-11-16(17)20(4)13-7-12-19(2)3/h5-6,8-9,16-18H,7,10-13H2,1-4H3. The molecule has 0 fully saturated rings. The van der Waals surface area contributed by atoms with Crippen LogP contribution in [0.25, 0.3) is 0 Å². The number of nitrogens with zero attached hydrogens (tertiary/aromatic N) is 2. The van der Waals surface area contributed by atoms with E-state index in [9.17, 15) is 0 Å². The molecule has 1 aromatic rings. The largest absolute Gasteiger partial charge is 0.312 e. The number of likely N-dealkylation sites (N-methyl/N-ethyl adjacent to an activating group) is 2. The highest BCUT2D eigenvalue weighted by atomic mass is 15.2. The topological polar surface area (TPSA) is 18.5 Å². The molecule has 3 heteroatoms. The Morgan fingerprint density at radius 3 is 2.60 bits per heavy atom. The zero-order chi connectivity index (χ0) is 14.5. The molecule has 112 valence electrons. The van der Waals surface area contributed by atoms with Crippen LogP contribution >= 0.6 is 0 Å². The van der Waals surface area contributed by atoms with Crippen molar-refractivity contribution in [1.82, 2.24) is 15.1 Å². The Labute approximate surface area is 124 Å². The zero-order valence-corrected chi connectivity index (χ0v) is 13.4. The minimum absolute atomic E-state index is 0.462. The van der Waals surface area contributed by atoms with Crippen molar-refractivity contribution in [2.45, 2.75) is 31.3 Å². The Kier molecular flexibility index (Phi) is 5.58. The third-order valence-corrected chi connectivity index (χ3v) is 4.48. The van der Waals surface area contributed by atoms with Crippen LogP contribution in [-0.4, -0.2) is 57.1 Å². The molecule has 1 aliphatic rings. The molecule has 2 rings (SSSR count). The van der Waals surface area contributed by atoms with Crippen LogP contribution in [0.1, 0.15) is 30.0 Å². The highest BCUT2D eigenvalue weighted by molar-refractivity contribution is 5.33. The number of hydrogen-bond donors (Lipinski definition) is 1.